The number of hydrogen-bond donors (Lipinski definition) is 2. The van der Waals surface area contributed by atoms with Gasteiger partial charge in [0, 0.05) is 19.0 Å². The summed E-state index contributed by atoms with van der Waals surface area (Å²) in [6.07, 6.45) is 3.02. The molecule has 1 saturated carbocycles. The van der Waals surface area contributed by atoms with Crippen LogP contribution in [0.5, 0.6) is 0 Å². The van der Waals surface area contributed by atoms with Crippen LogP contribution in [0.2, 0.25) is 0 Å². The fourth-order valence-electron chi connectivity index (χ4n) is 3.90. The van der Waals surface area contributed by atoms with Crippen molar-refractivity contribution >= 4 is 17.9 Å². The molecule has 0 aromatic carbocycles. The molecule has 0 bridgehead atoms. The van der Waals surface area contributed by atoms with Crippen molar-refractivity contribution in [1.82, 2.24) is 15.5 Å². The molecule has 2 atom stereocenters. The van der Waals surface area contributed by atoms with E-state index in [1.54, 1.807) is 41.5 Å². The number of nitrogens with one attached hydrogen (secondary N) is 2. The van der Waals surface area contributed by atoms with Gasteiger partial charge in [0.25, 0.3) is 0 Å². The van der Waals surface area contributed by atoms with Crippen LogP contribution in [0.25, 0.3) is 0 Å². The second-order valence-electron chi connectivity index (χ2n) is 9.13. The zero-order valence-electron chi connectivity index (χ0n) is 18.0. The van der Waals surface area contributed by atoms with Crippen molar-refractivity contribution in [2.45, 2.75) is 90.7 Å². The largest absolute Gasteiger partial charge is 0.444 e. The van der Waals surface area contributed by atoms with Gasteiger partial charge in [0.05, 0.1) is 6.10 Å². The van der Waals surface area contributed by atoms with Gasteiger partial charge in [-0.25, -0.2) is 4.79 Å². The topological polar surface area (TPSA) is 97.0 Å². The summed E-state index contributed by atoms with van der Waals surface area (Å²) in [5.74, 6) is -0.165. The lowest BCUT2D eigenvalue weighted by molar-refractivity contribution is -0.127. The molecule has 0 aromatic heterocycles. The molecule has 2 fully saturated rings. The molecule has 2 N–H and O–H groups in total. The summed E-state index contributed by atoms with van der Waals surface area (Å²) in [5, 5.41) is 5.68. The van der Waals surface area contributed by atoms with Crippen LogP contribution in [0.4, 0.5) is 4.79 Å². The van der Waals surface area contributed by atoms with Crippen molar-refractivity contribution in [2.75, 3.05) is 13.1 Å². The molecule has 1 saturated heterocycles. The molecule has 3 amide bonds. The smallest absolute Gasteiger partial charge is 0.413 e. The van der Waals surface area contributed by atoms with E-state index in [0.717, 1.165) is 25.7 Å². The average molecular weight is 398 g/mol. The molecule has 1 heterocycles. The monoisotopic (exact) mass is 397 g/mol. The maximum Gasteiger partial charge on any atom is 0.413 e. The second-order valence-corrected chi connectivity index (χ2v) is 9.13. The standard InChI is InChI=1S/C20H35N3O5/c1-13-15(23(20(5,6)27-13)18(26)28-19(2,3)4)17(25)22-12-11-21-16(24)14-9-7-8-10-14/h13-15H,7-12H2,1-6H3,(H,21,24)(H,22,25). The first-order chi connectivity index (χ1) is 12.9. The number of nitrogens with zero attached hydrogens (tertiary/aromatic N) is 1. The quantitative estimate of drug-likeness (QED) is 0.693. The van der Waals surface area contributed by atoms with Gasteiger partial charge in [0.1, 0.15) is 17.4 Å². The van der Waals surface area contributed by atoms with E-state index < -0.39 is 29.6 Å². The maximum absolute atomic E-state index is 12.8. The van der Waals surface area contributed by atoms with Crippen LogP contribution in [-0.2, 0) is 19.1 Å². The molecule has 2 aliphatic rings. The Morgan fingerprint density at radius 3 is 2.14 bits per heavy atom. The lowest BCUT2D eigenvalue weighted by Crippen LogP contribution is -2.56. The summed E-state index contributed by atoms with van der Waals surface area (Å²) >= 11 is 0. The van der Waals surface area contributed by atoms with Crippen LogP contribution >= 0.6 is 0 Å². The highest BCUT2D eigenvalue weighted by molar-refractivity contribution is 5.87. The Kier molecular flexibility index (Phi) is 6.96. The van der Waals surface area contributed by atoms with E-state index in [1.165, 1.54) is 4.90 Å². The Morgan fingerprint density at radius 2 is 1.61 bits per heavy atom. The number of ether oxygens (including phenoxy) is 2. The zero-order valence-corrected chi connectivity index (χ0v) is 18.0. The van der Waals surface area contributed by atoms with Gasteiger partial charge in [0.2, 0.25) is 11.8 Å². The molecule has 0 radical (unpaired) electrons. The van der Waals surface area contributed by atoms with Gasteiger partial charge >= 0.3 is 6.09 Å². The highest BCUT2D eigenvalue weighted by Crippen LogP contribution is 2.33. The summed E-state index contributed by atoms with van der Waals surface area (Å²) in [6, 6.07) is -0.796. The van der Waals surface area contributed by atoms with Gasteiger partial charge in [-0.3, -0.25) is 14.5 Å². The van der Waals surface area contributed by atoms with Gasteiger partial charge in [-0.15, -0.1) is 0 Å². The zero-order chi connectivity index (χ0) is 21.1. The van der Waals surface area contributed by atoms with Crippen LogP contribution < -0.4 is 10.6 Å². The number of rotatable bonds is 5. The van der Waals surface area contributed by atoms with Crippen LogP contribution in [0, 0.1) is 5.92 Å². The molecule has 0 aromatic rings. The highest BCUT2D eigenvalue weighted by atomic mass is 16.6. The number of carbonyl (C=O) groups is 3. The van der Waals surface area contributed by atoms with Gasteiger partial charge in [0.15, 0.2) is 0 Å². The van der Waals surface area contributed by atoms with E-state index in [0.29, 0.717) is 13.1 Å². The predicted molar refractivity (Wildman–Crippen MR) is 104 cm³/mol. The van der Waals surface area contributed by atoms with Crippen molar-refractivity contribution < 1.29 is 23.9 Å². The van der Waals surface area contributed by atoms with Gasteiger partial charge < -0.3 is 20.1 Å². The molecular formula is C20H35N3O5. The summed E-state index contributed by atoms with van der Waals surface area (Å²) < 4.78 is 11.3. The molecule has 2 unspecified atom stereocenters. The first-order valence-corrected chi connectivity index (χ1v) is 10.2. The summed E-state index contributed by atoms with van der Waals surface area (Å²) in [7, 11) is 0. The van der Waals surface area contributed by atoms with Crippen molar-refractivity contribution in [1.29, 1.82) is 0 Å². The van der Waals surface area contributed by atoms with Gasteiger partial charge in [-0.05, 0) is 54.4 Å². The molecule has 160 valence electrons. The van der Waals surface area contributed by atoms with Crippen molar-refractivity contribution in [2.24, 2.45) is 5.92 Å². The number of amides is 3. The summed E-state index contributed by atoms with van der Waals surface area (Å²) in [6.45, 7) is 11.2. The fourth-order valence-corrected chi connectivity index (χ4v) is 3.90. The minimum Gasteiger partial charge on any atom is -0.444 e. The highest BCUT2D eigenvalue weighted by Gasteiger charge is 2.52. The second kappa shape index (κ2) is 8.68. The van der Waals surface area contributed by atoms with E-state index in [2.05, 4.69) is 10.6 Å². The van der Waals surface area contributed by atoms with Crippen molar-refractivity contribution in [3.8, 4) is 0 Å². The lowest BCUT2D eigenvalue weighted by Gasteiger charge is -2.34. The maximum atomic E-state index is 12.8. The first kappa shape index (κ1) is 22.5. The molecular weight excluding hydrogens is 362 g/mol. The van der Waals surface area contributed by atoms with Gasteiger partial charge in [-0.1, -0.05) is 12.8 Å². The predicted octanol–water partition coefficient (Wildman–Crippen LogP) is 2.17. The van der Waals surface area contributed by atoms with Crippen molar-refractivity contribution in [3.05, 3.63) is 0 Å². The summed E-state index contributed by atoms with van der Waals surface area (Å²) in [5.41, 5.74) is -1.63. The first-order valence-electron chi connectivity index (χ1n) is 10.2. The molecule has 8 heteroatoms. The number of carbonyl (C=O) groups excluding carboxylic acids is 3. The van der Waals surface area contributed by atoms with E-state index in [4.69, 9.17) is 9.47 Å². The molecule has 2 rings (SSSR count). The van der Waals surface area contributed by atoms with Crippen LogP contribution in [0.3, 0.4) is 0 Å². The molecule has 1 aliphatic carbocycles. The third-order valence-electron chi connectivity index (χ3n) is 5.09. The Labute approximate surface area is 167 Å². The van der Waals surface area contributed by atoms with E-state index in [1.807, 2.05) is 0 Å². The third-order valence-corrected chi connectivity index (χ3v) is 5.09. The molecule has 28 heavy (non-hydrogen) atoms. The lowest BCUT2D eigenvalue weighted by atomic mass is 10.1. The average Bonchev–Trinajstić information content (AvgIpc) is 3.14. The number of hydrogen-bond acceptors (Lipinski definition) is 5. The van der Waals surface area contributed by atoms with Gasteiger partial charge in [-0.2, -0.15) is 0 Å². The Hall–Kier alpha value is -1.83. The van der Waals surface area contributed by atoms with Crippen molar-refractivity contribution in [3.63, 3.8) is 0 Å². The minimum absolute atomic E-state index is 0.0563. The van der Waals surface area contributed by atoms with Crippen LogP contribution in [0.15, 0.2) is 0 Å². The third kappa shape index (κ3) is 5.59. The minimum atomic E-state index is -0.958. The Bertz CT molecular complexity index is 593. The summed E-state index contributed by atoms with van der Waals surface area (Å²) in [4.78, 5) is 38.9. The van der Waals surface area contributed by atoms with Crippen LogP contribution in [0.1, 0.15) is 67.2 Å². The van der Waals surface area contributed by atoms with E-state index >= 15 is 0 Å². The Balaban J connectivity index is 1.91. The SMILES string of the molecule is CC1OC(C)(C)N(C(=O)OC(C)(C)C)C1C(=O)NCCNC(=O)C1CCCC1. The van der Waals surface area contributed by atoms with E-state index in [9.17, 15) is 14.4 Å². The Morgan fingerprint density at radius 1 is 1.07 bits per heavy atom. The van der Waals surface area contributed by atoms with Crippen LogP contribution in [-0.4, -0.2) is 59.4 Å². The molecule has 8 nitrogen and oxygen atoms in total. The fraction of sp³-hybridized carbons (Fsp3) is 0.850. The molecule has 1 aliphatic heterocycles. The van der Waals surface area contributed by atoms with E-state index in [-0.39, 0.29) is 17.7 Å². The molecule has 0 spiro atoms. The normalized spacial score (nSPS) is 24.9.